The summed E-state index contributed by atoms with van der Waals surface area (Å²) in [6, 6.07) is 4.81. The van der Waals surface area contributed by atoms with Crippen LogP contribution in [0.25, 0.3) is 11.3 Å². The maximum absolute atomic E-state index is 11.7. The van der Waals surface area contributed by atoms with E-state index < -0.39 is 5.97 Å². The molecule has 0 bridgehead atoms. The van der Waals surface area contributed by atoms with Crippen molar-refractivity contribution in [1.29, 1.82) is 0 Å². The smallest absolute Gasteiger partial charge is 0.341 e. The Morgan fingerprint density at radius 3 is 2.89 bits per heavy atom. The van der Waals surface area contributed by atoms with E-state index >= 15 is 0 Å². The first-order valence-corrected chi connectivity index (χ1v) is 6.42. The highest BCUT2D eigenvalue weighted by molar-refractivity contribution is 7.09. The number of esters is 1. The zero-order chi connectivity index (χ0) is 13.1. The van der Waals surface area contributed by atoms with E-state index in [-0.39, 0.29) is 17.9 Å². The number of hydrogen-bond donors (Lipinski definition) is 1. The number of rotatable bonds is 3. The third-order valence-electron chi connectivity index (χ3n) is 2.41. The fourth-order valence-electron chi connectivity index (χ4n) is 1.56. The molecule has 0 atom stereocenters. The summed E-state index contributed by atoms with van der Waals surface area (Å²) < 4.78 is 4.89. The predicted molar refractivity (Wildman–Crippen MR) is 69.9 cm³/mol. The molecule has 2 aromatic rings. The largest absolute Gasteiger partial charge is 0.507 e. The average Bonchev–Trinajstić information content (AvgIpc) is 2.77. The minimum absolute atomic E-state index is 0.0795. The molecule has 4 nitrogen and oxygen atoms in total. The summed E-state index contributed by atoms with van der Waals surface area (Å²) in [6.07, 6.45) is 0. The van der Waals surface area contributed by atoms with Crippen LogP contribution in [-0.2, 0) is 4.74 Å². The number of benzene rings is 1. The van der Waals surface area contributed by atoms with Gasteiger partial charge in [0.25, 0.3) is 0 Å². The van der Waals surface area contributed by atoms with Crippen LogP contribution < -0.4 is 0 Å². The van der Waals surface area contributed by atoms with Gasteiger partial charge in [-0.25, -0.2) is 9.78 Å². The van der Waals surface area contributed by atoms with Crippen LogP contribution in [0.15, 0.2) is 23.6 Å². The van der Waals surface area contributed by atoms with Crippen molar-refractivity contribution in [2.24, 2.45) is 0 Å². The van der Waals surface area contributed by atoms with Gasteiger partial charge in [0, 0.05) is 10.9 Å². The van der Waals surface area contributed by atoms with Crippen LogP contribution in [0.4, 0.5) is 0 Å². The number of ether oxygens (including phenoxy) is 1. The lowest BCUT2D eigenvalue weighted by Gasteiger charge is -2.06. The zero-order valence-electron chi connectivity index (χ0n) is 10.1. The highest BCUT2D eigenvalue weighted by atomic mass is 32.1. The summed E-state index contributed by atoms with van der Waals surface area (Å²) in [7, 11) is 0. The van der Waals surface area contributed by atoms with Gasteiger partial charge >= 0.3 is 5.97 Å². The minimum Gasteiger partial charge on any atom is -0.507 e. The van der Waals surface area contributed by atoms with E-state index in [9.17, 15) is 9.90 Å². The number of thiazole rings is 1. The Morgan fingerprint density at radius 1 is 1.50 bits per heavy atom. The van der Waals surface area contributed by atoms with Gasteiger partial charge in [-0.1, -0.05) is 0 Å². The fourth-order valence-corrected chi connectivity index (χ4v) is 2.19. The number of phenols is 1. The van der Waals surface area contributed by atoms with E-state index in [0.717, 1.165) is 16.3 Å². The Kier molecular flexibility index (Phi) is 3.62. The Morgan fingerprint density at radius 2 is 2.28 bits per heavy atom. The summed E-state index contributed by atoms with van der Waals surface area (Å²) in [6.45, 7) is 3.92. The van der Waals surface area contributed by atoms with Gasteiger partial charge in [0.1, 0.15) is 11.3 Å². The highest BCUT2D eigenvalue weighted by Gasteiger charge is 2.14. The summed E-state index contributed by atoms with van der Waals surface area (Å²) in [4.78, 5) is 16.0. The molecule has 1 heterocycles. The second kappa shape index (κ2) is 5.18. The molecule has 0 aliphatic carbocycles. The third-order valence-corrected chi connectivity index (χ3v) is 3.18. The molecule has 0 radical (unpaired) electrons. The Hall–Kier alpha value is -1.88. The Balaban J connectivity index is 2.40. The monoisotopic (exact) mass is 263 g/mol. The van der Waals surface area contributed by atoms with Gasteiger partial charge in [-0.2, -0.15) is 0 Å². The van der Waals surface area contributed by atoms with Gasteiger partial charge in [0.05, 0.1) is 17.3 Å². The van der Waals surface area contributed by atoms with E-state index in [0.29, 0.717) is 0 Å². The fraction of sp³-hybridized carbons (Fsp3) is 0.231. The number of aromatic nitrogens is 1. The SMILES string of the molecule is CCOC(=O)c1cc(-c2csc(C)n2)ccc1O. The van der Waals surface area contributed by atoms with Crippen LogP contribution in [0, 0.1) is 6.92 Å². The molecule has 1 N–H and O–H groups in total. The number of aryl methyl sites for hydroxylation is 1. The molecule has 0 aliphatic rings. The molecule has 0 aliphatic heterocycles. The Labute approximate surface area is 109 Å². The lowest BCUT2D eigenvalue weighted by Crippen LogP contribution is -2.05. The first-order valence-electron chi connectivity index (χ1n) is 5.54. The van der Waals surface area contributed by atoms with Gasteiger partial charge < -0.3 is 9.84 Å². The lowest BCUT2D eigenvalue weighted by atomic mass is 10.1. The van der Waals surface area contributed by atoms with Gasteiger partial charge in [-0.15, -0.1) is 11.3 Å². The van der Waals surface area contributed by atoms with E-state index in [1.807, 2.05) is 12.3 Å². The number of hydrogen-bond acceptors (Lipinski definition) is 5. The molecular weight excluding hydrogens is 250 g/mol. The second-order valence-electron chi connectivity index (χ2n) is 3.70. The minimum atomic E-state index is -0.524. The number of phenolic OH excluding ortho intramolecular Hbond substituents is 1. The molecule has 1 aromatic heterocycles. The second-order valence-corrected chi connectivity index (χ2v) is 4.77. The molecule has 2 rings (SSSR count). The predicted octanol–water partition coefficient (Wildman–Crippen LogP) is 3.00. The van der Waals surface area contributed by atoms with Crippen molar-refractivity contribution >= 4 is 17.3 Å². The maximum Gasteiger partial charge on any atom is 0.341 e. The molecule has 0 spiro atoms. The number of aromatic hydroxyl groups is 1. The summed E-state index contributed by atoms with van der Waals surface area (Å²) >= 11 is 1.54. The molecular formula is C13H13NO3S. The first kappa shape index (κ1) is 12.6. The molecule has 5 heteroatoms. The van der Waals surface area contributed by atoms with Crippen LogP contribution in [0.3, 0.4) is 0 Å². The number of nitrogens with zero attached hydrogens (tertiary/aromatic N) is 1. The Bertz CT molecular complexity index is 577. The van der Waals surface area contributed by atoms with Crippen LogP contribution in [-0.4, -0.2) is 22.7 Å². The van der Waals surface area contributed by atoms with Crippen molar-refractivity contribution in [3.63, 3.8) is 0 Å². The quantitative estimate of drug-likeness (QED) is 0.865. The molecule has 1 aromatic carbocycles. The van der Waals surface area contributed by atoms with Crippen molar-refractivity contribution in [2.45, 2.75) is 13.8 Å². The topological polar surface area (TPSA) is 59.4 Å². The first-order chi connectivity index (χ1) is 8.61. The summed E-state index contributed by atoms with van der Waals surface area (Å²) in [5, 5.41) is 12.5. The van der Waals surface area contributed by atoms with Crippen molar-refractivity contribution in [2.75, 3.05) is 6.61 Å². The molecule has 94 valence electrons. The van der Waals surface area contributed by atoms with Gasteiger partial charge in [-0.05, 0) is 32.0 Å². The summed E-state index contributed by atoms with van der Waals surface area (Å²) in [5.41, 5.74) is 1.75. The molecule has 0 saturated heterocycles. The molecule has 0 amide bonds. The van der Waals surface area contributed by atoms with Crippen molar-refractivity contribution in [3.05, 3.63) is 34.2 Å². The highest BCUT2D eigenvalue weighted by Crippen LogP contribution is 2.27. The van der Waals surface area contributed by atoms with Gasteiger partial charge in [0.15, 0.2) is 0 Å². The maximum atomic E-state index is 11.7. The van der Waals surface area contributed by atoms with Crippen molar-refractivity contribution in [1.82, 2.24) is 4.98 Å². The van der Waals surface area contributed by atoms with Gasteiger partial charge in [-0.3, -0.25) is 0 Å². The van der Waals surface area contributed by atoms with Crippen LogP contribution in [0.2, 0.25) is 0 Å². The average molecular weight is 263 g/mol. The molecule has 0 unspecified atom stereocenters. The molecule has 0 saturated carbocycles. The third kappa shape index (κ3) is 2.51. The molecule has 18 heavy (non-hydrogen) atoms. The van der Waals surface area contributed by atoms with Crippen LogP contribution in [0.1, 0.15) is 22.3 Å². The van der Waals surface area contributed by atoms with Crippen LogP contribution >= 0.6 is 11.3 Å². The van der Waals surface area contributed by atoms with E-state index in [1.54, 1.807) is 19.1 Å². The van der Waals surface area contributed by atoms with E-state index in [2.05, 4.69) is 4.98 Å². The van der Waals surface area contributed by atoms with E-state index in [4.69, 9.17) is 4.74 Å². The van der Waals surface area contributed by atoms with Crippen LogP contribution in [0.5, 0.6) is 5.75 Å². The normalized spacial score (nSPS) is 10.3. The number of carbonyl (C=O) groups excluding carboxylic acids is 1. The number of carbonyl (C=O) groups is 1. The van der Waals surface area contributed by atoms with E-state index in [1.165, 1.54) is 17.4 Å². The summed E-state index contributed by atoms with van der Waals surface area (Å²) in [5.74, 6) is -0.604. The van der Waals surface area contributed by atoms with Gasteiger partial charge in [0.2, 0.25) is 0 Å². The molecule has 0 fully saturated rings. The standard InChI is InChI=1S/C13H13NO3S/c1-3-17-13(16)10-6-9(4-5-12(10)15)11-7-18-8(2)14-11/h4-7,15H,3H2,1-2H3. The lowest BCUT2D eigenvalue weighted by molar-refractivity contribution is 0.0523. The van der Waals surface area contributed by atoms with Crippen molar-refractivity contribution < 1.29 is 14.6 Å². The zero-order valence-corrected chi connectivity index (χ0v) is 11.0. The van der Waals surface area contributed by atoms with Crippen molar-refractivity contribution in [3.8, 4) is 17.0 Å².